The molecule has 0 unspecified atom stereocenters. The van der Waals surface area contributed by atoms with Crippen LogP contribution in [0.25, 0.3) is 0 Å². The fourth-order valence-corrected chi connectivity index (χ4v) is 3.09. The number of hydrogen-bond acceptors (Lipinski definition) is 7. The molecule has 2 aromatic rings. The Bertz CT molecular complexity index is 990. The molecule has 2 amide bonds. The molecule has 0 fully saturated rings. The highest BCUT2D eigenvalue weighted by atomic mass is 16.5. The van der Waals surface area contributed by atoms with Crippen LogP contribution in [0.1, 0.15) is 35.8 Å². The summed E-state index contributed by atoms with van der Waals surface area (Å²) in [6.07, 6.45) is 1.50. The lowest BCUT2D eigenvalue weighted by atomic mass is 9.95. The molecule has 1 aromatic heterocycles. The number of rotatable bonds is 8. The maximum Gasteiger partial charge on any atom is 0.344 e. The van der Waals surface area contributed by atoms with Crippen molar-refractivity contribution in [1.29, 1.82) is 0 Å². The molecule has 2 heterocycles. The fraction of sp³-hybridized carbons (Fsp3) is 0.273. The largest absolute Gasteiger partial charge is 0.477 e. The first-order chi connectivity index (χ1) is 15.0. The summed E-state index contributed by atoms with van der Waals surface area (Å²) >= 11 is 0. The van der Waals surface area contributed by atoms with Crippen molar-refractivity contribution in [3.63, 3.8) is 0 Å². The summed E-state index contributed by atoms with van der Waals surface area (Å²) in [5.41, 5.74) is 1.14. The van der Waals surface area contributed by atoms with E-state index >= 15 is 0 Å². The van der Waals surface area contributed by atoms with E-state index in [4.69, 9.17) is 14.2 Å². The minimum Gasteiger partial charge on any atom is -0.477 e. The molecule has 1 aliphatic rings. The van der Waals surface area contributed by atoms with Gasteiger partial charge in [0.1, 0.15) is 12.2 Å². The molecule has 9 heteroatoms. The van der Waals surface area contributed by atoms with Crippen LogP contribution in [-0.4, -0.2) is 42.8 Å². The maximum atomic E-state index is 12.7. The van der Waals surface area contributed by atoms with Gasteiger partial charge in [0.2, 0.25) is 5.88 Å². The fourth-order valence-electron chi connectivity index (χ4n) is 3.09. The van der Waals surface area contributed by atoms with Gasteiger partial charge in [0.25, 0.3) is 0 Å². The van der Waals surface area contributed by atoms with E-state index in [1.54, 1.807) is 44.2 Å². The second kappa shape index (κ2) is 10.2. The number of ether oxygens (including phenoxy) is 3. The van der Waals surface area contributed by atoms with Gasteiger partial charge in [-0.15, -0.1) is 0 Å². The highest BCUT2D eigenvalue weighted by Gasteiger charge is 2.34. The van der Waals surface area contributed by atoms with E-state index in [1.807, 2.05) is 6.07 Å². The molecule has 9 nitrogen and oxygen atoms in total. The number of carbonyl (C=O) groups is 3. The number of nitrogens with one attached hydrogen (secondary N) is 2. The van der Waals surface area contributed by atoms with Crippen molar-refractivity contribution in [1.82, 2.24) is 15.6 Å². The van der Waals surface area contributed by atoms with Gasteiger partial charge in [-0.3, -0.25) is 0 Å². The third-order valence-electron chi connectivity index (χ3n) is 4.40. The first kappa shape index (κ1) is 21.8. The predicted molar refractivity (Wildman–Crippen MR) is 110 cm³/mol. The summed E-state index contributed by atoms with van der Waals surface area (Å²) in [6.45, 7) is 3.59. The van der Waals surface area contributed by atoms with Crippen LogP contribution in [0.2, 0.25) is 0 Å². The van der Waals surface area contributed by atoms with Crippen molar-refractivity contribution in [2.75, 3.05) is 19.8 Å². The number of pyridine rings is 1. The van der Waals surface area contributed by atoms with Crippen molar-refractivity contribution >= 4 is 18.0 Å². The number of benzene rings is 1. The molecule has 1 aliphatic heterocycles. The third kappa shape index (κ3) is 5.19. The Morgan fingerprint density at radius 1 is 1.00 bits per heavy atom. The summed E-state index contributed by atoms with van der Waals surface area (Å²) in [7, 11) is 0. The van der Waals surface area contributed by atoms with Gasteiger partial charge in [-0.1, -0.05) is 30.3 Å². The third-order valence-corrected chi connectivity index (χ3v) is 4.40. The van der Waals surface area contributed by atoms with E-state index in [0.29, 0.717) is 12.2 Å². The van der Waals surface area contributed by atoms with Gasteiger partial charge < -0.3 is 24.8 Å². The molecule has 1 atom stereocenters. The minimum atomic E-state index is -0.750. The van der Waals surface area contributed by atoms with Crippen LogP contribution in [-0.2, 0) is 14.3 Å². The molecule has 2 N–H and O–H groups in total. The van der Waals surface area contributed by atoms with Crippen LogP contribution in [0.5, 0.6) is 5.88 Å². The van der Waals surface area contributed by atoms with Gasteiger partial charge in [-0.2, -0.15) is 0 Å². The van der Waals surface area contributed by atoms with Gasteiger partial charge in [-0.25, -0.2) is 19.4 Å². The highest BCUT2D eigenvalue weighted by Crippen LogP contribution is 2.28. The van der Waals surface area contributed by atoms with Gasteiger partial charge in [0.05, 0.1) is 30.5 Å². The second-order valence-corrected chi connectivity index (χ2v) is 6.42. The second-order valence-electron chi connectivity index (χ2n) is 6.42. The standard InChI is InChI=1S/C22H23N3O6/c1-3-29-19-15(11-8-12-23-19)20(26)31-13-16-17(21(27)30-4-2)18(25-22(28)24-16)14-9-6-5-7-10-14/h5-12,18H,3-4,13H2,1-2H3,(H2,24,25,28)/t18-/m1/s1. The van der Waals surface area contributed by atoms with E-state index in [0.717, 1.165) is 0 Å². The van der Waals surface area contributed by atoms with Gasteiger partial charge in [0, 0.05) is 6.20 Å². The zero-order valence-electron chi connectivity index (χ0n) is 17.2. The van der Waals surface area contributed by atoms with Crippen LogP contribution in [0.15, 0.2) is 59.9 Å². The molecule has 162 valence electrons. The van der Waals surface area contributed by atoms with Crippen LogP contribution in [0.4, 0.5) is 4.79 Å². The van der Waals surface area contributed by atoms with E-state index in [9.17, 15) is 14.4 Å². The Morgan fingerprint density at radius 2 is 1.77 bits per heavy atom. The molecule has 0 saturated heterocycles. The molecule has 0 bridgehead atoms. The topological polar surface area (TPSA) is 116 Å². The van der Waals surface area contributed by atoms with Crippen molar-refractivity contribution in [3.8, 4) is 5.88 Å². The smallest absolute Gasteiger partial charge is 0.344 e. The van der Waals surface area contributed by atoms with Gasteiger partial charge in [-0.05, 0) is 31.5 Å². The SMILES string of the molecule is CCOC(=O)C1=C(COC(=O)c2cccnc2OCC)NC(=O)N[C@@H]1c1ccccc1. The number of amides is 2. The predicted octanol–water partition coefficient (Wildman–Crippen LogP) is 2.51. The number of hydrogen-bond donors (Lipinski definition) is 2. The summed E-state index contributed by atoms with van der Waals surface area (Å²) in [4.78, 5) is 41.6. The number of urea groups is 1. The summed E-state index contributed by atoms with van der Waals surface area (Å²) in [5.74, 6) is -1.17. The highest BCUT2D eigenvalue weighted by molar-refractivity contribution is 5.96. The van der Waals surface area contributed by atoms with Crippen LogP contribution < -0.4 is 15.4 Å². The van der Waals surface area contributed by atoms with Crippen LogP contribution in [0.3, 0.4) is 0 Å². The van der Waals surface area contributed by atoms with E-state index in [1.165, 1.54) is 12.3 Å². The zero-order valence-corrected chi connectivity index (χ0v) is 17.2. The quantitative estimate of drug-likeness (QED) is 0.624. The Morgan fingerprint density at radius 3 is 2.48 bits per heavy atom. The van der Waals surface area contributed by atoms with Crippen molar-refractivity contribution in [2.45, 2.75) is 19.9 Å². The molecule has 0 spiro atoms. The van der Waals surface area contributed by atoms with Crippen LogP contribution in [0, 0.1) is 0 Å². The van der Waals surface area contributed by atoms with Crippen LogP contribution >= 0.6 is 0 Å². The molecule has 0 aliphatic carbocycles. The van der Waals surface area contributed by atoms with Crippen molar-refractivity contribution < 1.29 is 28.6 Å². The lowest BCUT2D eigenvalue weighted by Crippen LogP contribution is -2.47. The Labute approximate surface area is 179 Å². The Hall–Kier alpha value is -3.88. The number of esters is 2. The first-order valence-corrected chi connectivity index (χ1v) is 9.82. The zero-order chi connectivity index (χ0) is 22.2. The number of carbonyl (C=O) groups excluding carboxylic acids is 3. The van der Waals surface area contributed by atoms with Crippen molar-refractivity contribution in [3.05, 3.63) is 71.1 Å². The van der Waals surface area contributed by atoms with Crippen molar-refractivity contribution in [2.24, 2.45) is 0 Å². The van der Waals surface area contributed by atoms with Gasteiger partial charge >= 0.3 is 18.0 Å². The Balaban J connectivity index is 1.90. The minimum absolute atomic E-state index is 0.141. The van der Waals surface area contributed by atoms with Gasteiger partial charge in [0.15, 0.2) is 0 Å². The summed E-state index contributed by atoms with van der Waals surface area (Å²) in [6, 6.07) is 10.8. The molecular formula is C22H23N3O6. The Kier molecular flexibility index (Phi) is 7.21. The molecular weight excluding hydrogens is 402 g/mol. The monoisotopic (exact) mass is 425 g/mol. The average Bonchev–Trinajstić information content (AvgIpc) is 2.78. The average molecular weight is 425 g/mol. The molecule has 31 heavy (non-hydrogen) atoms. The molecule has 0 saturated carbocycles. The summed E-state index contributed by atoms with van der Waals surface area (Å²) in [5, 5.41) is 5.27. The van der Waals surface area contributed by atoms with E-state index < -0.39 is 24.0 Å². The maximum absolute atomic E-state index is 12.7. The van der Waals surface area contributed by atoms with E-state index in [-0.39, 0.29) is 35.9 Å². The molecule has 3 rings (SSSR count). The normalized spacial score (nSPS) is 15.5. The number of nitrogens with zero attached hydrogens (tertiary/aromatic N) is 1. The molecule has 0 radical (unpaired) electrons. The summed E-state index contributed by atoms with van der Waals surface area (Å²) < 4.78 is 15.9. The van der Waals surface area contributed by atoms with E-state index in [2.05, 4.69) is 15.6 Å². The first-order valence-electron chi connectivity index (χ1n) is 9.82. The lowest BCUT2D eigenvalue weighted by Gasteiger charge is -2.29. The number of aromatic nitrogens is 1. The lowest BCUT2D eigenvalue weighted by molar-refractivity contribution is -0.139. The molecule has 1 aromatic carbocycles.